The van der Waals surface area contributed by atoms with E-state index in [1.54, 1.807) is 41.5 Å². The van der Waals surface area contributed by atoms with Crippen LogP contribution in [-0.2, 0) is 13.1 Å². The summed E-state index contributed by atoms with van der Waals surface area (Å²) >= 11 is 1.43. The summed E-state index contributed by atoms with van der Waals surface area (Å²) < 4.78 is 36.1. The number of alkyl halides is 2. The number of aromatic nitrogens is 9. The summed E-state index contributed by atoms with van der Waals surface area (Å²) in [6.07, 6.45) is 8.08. The molecule has 5 rings (SSSR count). The Labute approximate surface area is 231 Å². The molecule has 1 aromatic carbocycles. The average molecular weight is 570 g/mol. The topological polar surface area (TPSA) is 133 Å². The largest absolute Gasteiger partial charge is 0.434 e. The second-order valence-electron chi connectivity index (χ2n) is 8.85. The van der Waals surface area contributed by atoms with Crippen molar-refractivity contribution < 1.29 is 18.3 Å². The van der Waals surface area contributed by atoms with E-state index < -0.39 is 12.5 Å². The summed E-state index contributed by atoms with van der Waals surface area (Å²) in [5.41, 5.74) is 1.38. The van der Waals surface area contributed by atoms with E-state index >= 15 is 0 Å². The van der Waals surface area contributed by atoms with Crippen molar-refractivity contribution in [2.24, 2.45) is 0 Å². The SMILES string of the molecule is CSc1ccc(OC(F)F)c(-c2nn(Cc3nnnn3CCN(C)C)cc2NC(=O)c2cnn3cccnc23)c1. The molecule has 0 aliphatic heterocycles. The fourth-order valence-electron chi connectivity index (χ4n) is 3.94. The quantitative estimate of drug-likeness (QED) is 0.237. The molecule has 0 fully saturated rings. The van der Waals surface area contributed by atoms with E-state index in [2.05, 4.69) is 36.0 Å². The standard InChI is InChI=1S/C24H25F2N11O2S/c1-34(2)9-10-36-20(30-32-33-36)14-35-13-18(29-23(38)17-12-28-37-8-4-7-27-22(17)37)21(31-35)16-11-15(40-3)5-6-19(16)39-24(25)26/h4-8,11-13,24H,9-10,14H2,1-3H3,(H,29,38). The molecule has 1 amide bonds. The van der Waals surface area contributed by atoms with Gasteiger partial charge < -0.3 is 15.0 Å². The Morgan fingerprint density at radius 3 is 2.90 bits per heavy atom. The van der Waals surface area contributed by atoms with Gasteiger partial charge in [-0.25, -0.2) is 14.2 Å². The molecule has 4 heterocycles. The summed E-state index contributed by atoms with van der Waals surface area (Å²) in [5.74, 6) is -0.0489. The van der Waals surface area contributed by atoms with Gasteiger partial charge in [-0.2, -0.15) is 19.0 Å². The third-order valence-electron chi connectivity index (χ3n) is 5.86. The summed E-state index contributed by atoms with van der Waals surface area (Å²) in [4.78, 5) is 20.4. The smallest absolute Gasteiger partial charge is 0.387 e. The monoisotopic (exact) mass is 569 g/mol. The van der Waals surface area contributed by atoms with Crippen molar-refractivity contribution in [2.45, 2.75) is 24.6 Å². The minimum Gasteiger partial charge on any atom is -0.434 e. The molecule has 0 aliphatic rings. The molecule has 4 aromatic heterocycles. The zero-order chi connectivity index (χ0) is 28.2. The van der Waals surface area contributed by atoms with Gasteiger partial charge in [0, 0.05) is 35.6 Å². The number of fused-ring (bicyclic) bond motifs is 1. The zero-order valence-electron chi connectivity index (χ0n) is 21.8. The lowest BCUT2D eigenvalue weighted by Gasteiger charge is -2.12. The lowest BCUT2D eigenvalue weighted by molar-refractivity contribution is -0.0494. The first-order valence-corrected chi connectivity index (χ1v) is 13.2. The highest BCUT2D eigenvalue weighted by Gasteiger charge is 2.23. The summed E-state index contributed by atoms with van der Waals surface area (Å²) in [6, 6.07) is 6.50. The van der Waals surface area contributed by atoms with Gasteiger partial charge in [0.15, 0.2) is 11.5 Å². The number of likely N-dealkylation sites (N-methyl/N-ethyl adjacent to an activating group) is 1. The molecule has 0 saturated carbocycles. The first kappa shape index (κ1) is 27.1. The van der Waals surface area contributed by atoms with Crippen LogP contribution in [0.1, 0.15) is 16.2 Å². The minimum absolute atomic E-state index is 0.0815. The molecule has 0 radical (unpaired) electrons. The summed E-state index contributed by atoms with van der Waals surface area (Å²) in [5, 5.41) is 23.6. The van der Waals surface area contributed by atoms with Crippen LogP contribution in [0.15, 0.2) is 53.9 Å². The summed E-state index contributed by atoms with van der Waals surface area (Å²) in [7, 11) is 3.89. The van der Waals surface area contributed by atoms with Gasteiger partial charge in [-0.15, -0.1) is 16.9 Å². The number of carbonyl (C=O) groups is 1. The molecule has 0 unspecified atom stereocenters. The van der Waals surface area contributed by atoms with E-state index in [4.69, 9.17) is 4.74 Å². The average Bonchev–Trinajstić information content (AvgIpc) is 3.66. The number of rotatable bonds is 11. The fraction of sp³-hybridized carbons (Fsp3) is 0.292. The lowest BCUT2D eigenvalue weighted by atomic mass is 10.1. The molecule has 0 atom stereocenters. The predicted octanol–water partition coefficient (Wildman–Crippen LogP) is 2.76. The number of tetrazole rings is 1. The Kier molecular flexibility index (Phi) is 7.97. The molecule has 0 aliphatic carbocycles. The van der Waals surface area contributed by atoms with Gasteiger partial charge in [-0.05, 0) is 55.0 Å². The lowest BCUT2D eigenvalue weighted by Crippen LogP contribution is -2.21. The van der Waals surface area contributed by atoms with Gasteiger partial charge in [0.05, 0.1) is 18.4 Å². The third kappa shape index (κ3) is 5.91. The van der Waals surface area contributed by atoms with Crippen molar-refractivity contribution in [3.63, 3.8) is 0 Å². The number of thioether (sulfide) groups is 1. The number of ether oxygens (including phenoxy) is 1. The van der Waals surface area contributed by atoms with Gasteiger partial charge in [-0.3, -0.25) is 9.48 Å². The molecule has 1 N–H and O–H groups in total. The number of hydrogen-bond acceptors (Lipinski definition) is 10. The molecule has 5 aromatic rings. The summed E-state index contributed by atoms with van der Waals surface area (Å²) in [6.45, 7) is -1.62. The maximum Gasteiger partial charge on any atom is 0.387 e. The van der Waals surface area contributed by atoms with Crippen molar-refractivity contribution in [1.29, 1.82) is 0 Å². The Bertz CT molecular complexity index is 1630. The van der Waals surface area contributed by atoms with Gasteiger partial charge in [0.25, 0.3) is 5.91 Å². The van der Waals surface area contributed by atoms with E-state index in [0.717, 1.165) is 4.90 Å². The number of halogens is 2. The van der Waals surface area contributed by atoms with Crippen LogP contribution >= 0.6 is 11.8 Å². The van der Waals surface area contributed by atoms with Crippen LogP contribution in [0.25, 0.3) is 16.9 Å². The Morgan fingerprint density at radius 1 is 1.27 bits per heavy atom. The highest BCUT2D eigenvalue weighted by Crippen LogP contribution is 2.37. The highest BCUT2D eigenvalue weighted by molar-refractivity contribution is 7.98. The molecule has 0 saturated heterocycles. The van der Waals surface area contributed by atoms with E-state index in [1.807, 2.05) is 25.3 Å². The third-order valence-corrected chi connectivity index (χ3v) is 6.59. The van der Waals surface area contributed by atoms with Crippen molar-refractivity contribution in [3.05, 3.63) is 60.4 Å². The van der Waals surface area contributed by atoms with E-state index in [0.29, 0.717) is 24.6 Å². The molecule has 40 heavy (non-hydrogen) atoms. The molecular weight excluding hydrogens is 544 g/mol. The second kappa shape index (κ2) is 11.7. The molecular formula is C24H25F2N11O2S. The normalized spacial score (nSPS) is 11.6. The van der Waals surface area contributed by atoms with E-state index in [1.165, 1.54) is 33.2 Å². The number of nitrogens with one attached hydrogen (secondary N) is 1. The highest BCUT2D eigenvalue weighted by atomic mass is 32.2. The van der Waals surface area contributed by atoms with Crippen molar-refractivity contribution >= 4 is 29.0 Å². The number of benzene rings is 1. The molecule has 16 heteroatoms. The molecule has 208 valence electrons. The van der Waals surface area contributed by atoms with Gasteiger partial charge in [0.1, 0.15) is 23.6 Å². The Hall–Kier alpha value is -4.44. The number of hydrogen-bond donors (Lipinski definition) is 1. The Balaban J connectivity index is 1.55. The van der Waals surface area contributed by atoms with Crippen molar-refractivity contribution in [3.8, 4) is 17.0 Å². The first-order chi connectivity index (χ1) is 19.3. The molecule has 0 bridgehead atoms. The molecule has 0 spiro atoms. The van der Waals surface area contributed by atoms with Crippen LogP contribution in [-0.4, -0.2) is 88.9 Å². The Morgan fingerprint density at radius 2 is 2.12 bits per heavy atom. The maximum atomic E-state index is 13.3. The van der Waals surface area contributed by atoms with Crippen molar-refractivity contribution in [1.82, 2.24) is 49.5 Å². The minimum atomic E-state index is -3.05. The van der Waals surface area contributed by atoms with Crippen LogP contribution in [0, 0.1) is 0 Å². The zero-order valence-corrected chi connectivity index (χ0v) is 22.6. The van der Waals surface area contributed by atoms with Crippen LogP contribution in [0.4, 0.5) is 14.5 Å². The van der Waals surface area contributed by atoms with Gasteiger partial charge in [0.2, 0.25) is 0 Å². The van der Waals surface area contributed by atoms with Gasteiger partial charge in [-0.1, -0.05) is 0 Å². The molecule has 13 nitrogen and oxygen atoms in total. The number of carbonyl (C=O) groups excluding carboxylic acids is 1. The van der Waals surface area contributed by atoms with Crippen LogP contribution in [0.3, 0.4) is 0 Å². The van der Waals surface area contributed by atoms with E-state index in [-0.39, 0.29) is 34.8 Å². The van der Waals surface area contributed by atoms with Gasteiger partial charge >= 0.3 is 6.61 Å². The number of anilines is 1. The number of nitrogens with zero attached hydrogens (tertiary/aromatic N) is 10. The van der Waals surface area contributed by atoms with E-state index in [9.17, 15) is 13.6 Å². The first-order valence-electron chi connectivity index (χ1n) is 12.0. The second-order valence-corrected chi connectivity index (χ2v) is 9.73. The predicted molar refractivity (Wildman–Crippen MR) is 142 cm³/mol. The fourth-order valence-corrected chi connectivity index (χ4v) is 4.38. The van der Waals surface area contributed by atoms with Crippen LogP contribution in [0.2, 0.25) is 0 Å². The van der Waals surface area contributed by atoms with Crippen molar-refractivity contribution in [2.75, 3.05) is 32.2 Å². The number of amides is 1. The van der Waals surface area contributed by atoms with Crippen LogP contribution < -0.4 is 10.1 Å². The maximum absolute atomic E-state index is 13.3. The van der Waals surface area contributed by atoms with Crippen LogP contribution in [0.5, 0.6) is 5.75 Å².